The highest BCUT2D eigenvalue weighted by Gasteiger charge is 2.18. The first-order chi connectivity index (χ1) is 12.7. The van der Waals surface area contributed by atoms with Gasteiger partial charge in [0.15, 0.2) is 0 Å². The molecule has 0 aliphatic carbocycles. The van der Waals surface area contributed by atoms with Crippen LogP contribution in [0.1, 0.15) is 23.2 Å². The molecule has 3 aromatic rings. The predicted octanol–water partition coefficient (Wildman–Crippen LogP) is 3.38. The van der Waals surface area contributed by atoms with Crippen molar-refractivity contribution in [2.24, 2.45) is 5.10 Å². The molecule has 0 radical (unpaired) electrons. The Hall–Kier alpha value is -3.08. The third-order valence-electron chi connectivity index (χ3n) is 4.87. The zero-order chi connectivity index (χ0) is 17.9. The number of carbonyl (C=O) groups is 1. The first kappa shape index (κ1) is 16.4. The number of hydrogen-bond donors (Lipinski definition) is 2. The van der Waals surface area contributed by atoms with Gasteiger partial charge in [0.1, 0.15) is 0 Å². The monoisotopic (exact) mass is 346 g/mol. The number of hydrazone groups is 1. The third kappa shape index (κ3) is 3.20. The molecular formula is C21H22N4O. The van der Waals surface area contributed by atoms with E-state index in [2.05, 4.69) is 38.6 Å². The minimum atomic E-state index is -0.101. The Bertz CT molecular complexity index is 973. The maximum Gasteiger partial charge on any atom is 0.259 e. The van der Waals surface area contributed by atoms with E-state index in [1.807, 2.05) is 37.3 Å². The molecule has 1 aliphatic heterocycles. The number of aryl methyl sites for hydroxylation is 2. The molecule has 0 saturated heterocycles. The molecule has 5 nitrogen and oxygen atoms in total. The molecule has 4 rings (SSSR count). The number of aromatic amines is 1. The minimum Gasteiger partial charge on any atom is -0.362 e. The minimum absolute atomic E-state index is 0.101. The number of aromatic nitrogens is 1. The second kappa shape index (κ2) is 7.04. The van der Waals surface area contributed by atoms with Crippen molar-refractivity contribution < 1.29 is 4.79 Å². The Morgan fingerprint density at radius 1 is 1.23 bits per heavy atom. The Kier molecular flexibility index (Phi) is 4.44. The summed E-state index contributed by atoms with van der Waals surface area (Å²) in [6.07, 6.45) is 3.87. The van der Waals surface area contributed by atoms with Gasteiger partial charge in [-0.3, -0.25) is 4.79 Å². The van der Waals surface area contributed by atoms with Crippen LogP contribution in [-0.2, 0) is 11.2 Å². The van der Waals surface area contributed by atoms with Gasteiger partial charge >= 0.3 is 0 Å². The van der Waals surface area contributed by atoms with Crippen molar-refractivity contribution in [1.29, 1.82) is 0 Å². The van der Waals surface area contributed by atoms with Gasteiger partial charge in [0.05, 0.1) is 12.8 Å². The van der Waals surface area contributed by atoms with Gasteiger partial charge in [0.25, 0.3) is 5.91 Å². The molecule has 2 N–H and O–H groups in total. The molecule has 2 aromatic carbocycles. The summed E-state index contributed by atoms with van der Waals surface area (Å²) in [5.41, 5.74) is 8.25. The normalized spacial score (nSPS) is 14.0. The summed E-state index contributed by atoms with van der Waals surface area (Å²) < 4.78 is 0. The lowest BCUT2D eigenvalue weighted by atomic mass is 10.0. The van der Waals surface area contributed by atoms with Crippen LogP contribution < -0.4 is 10.3 Å². The molecule has 0 atom stereocenters. The number of anilines is 1. The SMILES string of the molecule is Cc1[nH]c2ccccc2c1/C=N/NC(=O)CN1CCCc2ccccc21. The fraction of sp³-hybridized carbons (Fsp3) is 0.238. The fourth-order valence-corrected chi connectivity index (χ4v) is 3.62. The van der Waals surface area contributed by atoms with E-state index in [4.69, 9.17) is 0 Å². The first-order valence-electron chi connectivity index (χ1n) is 8.94. The molecule has 2 heterocycles. The van der Waals surface area contributed by atoms with Gasteiger partial charge in [-0.05, 0) is 37.5 Å². The van der Waals surface area contributed by atoms with E-state index in [9.17, 15) is 4.79 Å². The summed E-state index contributed by atoms with van der Waals surface area (Å²) in [5.74, 6) is -0.101. The van der Waals surface area contributed by atoms with Gasteiger partial charge in [0, 0.05) is 34.4 Å². The van der Waals surface area contributed by atoms with Crippen molar-refractivity contribution in [1.82, 2.24) is 10.4 Å². The average Bonchev–Trinajstić information content (AvgIpc) is 2.98. The van der Waals surface area contributed by atoms with Crippen LogP contribution >= 0.6 is 0 Å². The lowest BCUT2D eigenvalue weighted by Crippen LogP contribution is -2.38. The summed E-state index contributed by atoms with van der Waals surface area (Å²) in [6.45, 7) is 3.23. The molecule has 0 unspecified atom stereocenters. The molecule has 132 valence electrons. The van der Waals surface area contributed by atoms with Crippen molar-refractivity contribution in [2.45, 2.75) is 19.8 Å². The highest BCUT2D eigenvalue weighted by atomic mass is 16.2. The molecule has 5 heteroatoms. The average molecular weight is 346 g/mol. The second-order valence-electron chi connectivity index (χ2n) is 6.66. The second-order valence-corrected chi connectivity index (χ2v) is 6.66. The van der Waals surface area contributed by atoms with E-state index >= 15 is 0 Å². The van der Waals surface area contributed by atoms with Crippen LogP contribution in [0.3, 0.4) is 0 Å². The van der Waals surface area contributed by atoms with E-state index in [0.29, 0.717) is 6.54 Å². The Morgan fingerprint density at radius 2 is 2.04 bits per heavy atom. The van der Waals surface area contributed by atoms with Crippen LogP contribution in [0.2, 0.25) is 0 Å². The molecular weight excluding hydrogens is 324 g/mol. The zero-order valence-corrected chi connectivity index (χ0v) is 14.8. The standard InChI is InChI=1S/C21H22N4O/c1-15-18(17-9-3-4-10-19(17)23-15)13-22-24-21(26)14-25-12-6-8-16-7-2-5-11-20(16)25/h2-5,7,9-11,13,23H,6,8,12,14H2,1H3,(H,24,26)/b22-13+. The van der Waals surface area contributed by atoms with Gasteiger partial charge in [-0.2, -0.15) is 5.10 Å². The van der Waals surface area contributed by atoms with Crippen molar-refractivity contribution in [3.8, 4) is 0 Å². The molecule has 1 amide bonds. The zero-order valence-electron chi connectivity index (χ0n) is 14.8. The largest absolute Gasteiger partial charge is 0.362 e. The number of nitrogens with zero attached hydrogens (tertiary/aromatic N) is 2. The van der Waals surface area contributed by atoms with E-state index in [1.54, 1.807) is 6.21 Å². The quantitative estimate of drug-likeness (QED) is 0.562. The number of nitrogens with one attached hydrogen (secondary N) is 2. The summed E-state index contributed by atoms with van der Waals surface area (Å²) in [7, 11) is 0. The Morgan fingerprint density at radius 3 is 2.96 bits per heavy atom. The smallest absolute Gasteiger partial charge is 0.259 e. The Balaban J connectivity index is 1.43. The summed E-state index contributed by atoms with van der Waals surface area (Å²) in [5, 5.41) is 5.28. The topological polar surface area (TPSA) is 60.5 Å². The highest BCUT2D eigenvalue weighted by Crippen LogP contribution is 2.26. The Labute approximate surface area is 152 Å². The van der Waals surface area contributed by atoms with Crippen molar-refractivity contribution in [3.05, 3.63) is 65.4 Å². The highest BCUT2D eigenvalue weighted by molar-refractivity contribution is 6.00. The van der Waals surface area contributed by atoms with Gasteiger partial charge in [-0.1, -0.05) is 36.4 Å². The molecule has 1 aromatic heterocycles. The van der Waals surface area contributed by atoms with Crippen molar-refractivity contribution in [2.75, 3.05) is 18.0 Å². The summed E-state index contributed by atoms with van der Waals surface area (Å²) in [4.78, 5) is 17.8. The lowest BCUT2D eigenvalue weighted by molar-refractivity contribution is -0.119. The molecule has 0 spiro atoms. The van der Waals surface area contributed by atoms with Gasteiger partial charge in [-0.25, -0.2) is 5.43 Å². The number of benzene rings is 2. The van der Waals surface area contributed by atoms with Gasteiger partial charge in [-0.15, -0.1) is 0 Å². The molecule has 0 bridgehead atoms. The van der Waals surface area contributed by atoms with Gasteiger partial charge < -0.3 is 9.88 Å². The van der Waals surface area contributed by atoms with Crippen LogP contribution in [-0.4, -0.2) is 30.2 Å². The fourth-order valence-electron chi connectivity index (χ4n) is 3.62. The number of carbonyl (C=O) groups excluding carboxylic acids is 1. The summed E-state index contributed by atoms with van der Waals surface area (Å²) in [6, 6.07) is 16.4. The van der Waals surface area contributed by atoms with Crippen LogP contribution in [0.15, 0.2) is 53.6 Å². The third-order valence-corrected chi connectivity index (χ3v) is 4.87. The lowest BCUT2D eigenvalue weighted by Gasteiger charge is -2.30. The number of fused-ring (bicyclic) bond motifs is 2. The molecule has 0 fully saturated rings. The summed E-state index contributed by atoms with van der Waals surface area (Å²) >= 11 is 0. The number of amides is 1. The van der Waals surface area contributed by atoms with Crippen molar-refractivity contribution in [3.63, 3.8) is 0 Å². The van der Waals surface area contributed by atoms with E-state index in [0.717, 1.165) is 47.2 Å². The molecule has 26 heavy (non-hydrogen) atoms. The van der Waals surface area contributed by atoms with Crippen LogP contribution in [0.5, 0.6) is 0 Å². The number of H-pyrrole nitrogens is 1. The number of para-hydroxylation sites is 2. The maximum atomic E-state index is 12.3. The first-order valence-corrected chi connectivity index (χ1v) is 8.94. The molecule has 0 saturated carbocycles. The van der Waals surface area contributed by atoms with E-state index < -0.39 is 0 Å². The van der Waals surface area contributed by atoms with Gasteiger partial charge in [0.2, 0.25) is 0 Å². The van der Waals surface area contributed by atoms with Crippen LogP contribution in [0.25, 0.3) is 10.9 Å². The van der Waals surface area contributed by atoms with Crippen LogP contribution in [0, 0.1) is 6.92 Å². The molecule has 1 aliphatic rings. The van der Waals surface area contributed by atoms with E-state index in [-0.39, 0.29) is 5.91 Å². The number of hydrogen-bond acceptors (Lipinski definition) is 3. The van der Waals surface area contributed by atoms with E-state index in [1.165, 1.54) is 5.56 Å². The van der Waals surface area contributed by atoms with Crippen LogP contribution in [0.4, 0.5) is 5.69 Å². The van der Waals surface area contributed by atoms with Crippen molar-refractivity contribution >= 4 is 28.7 Å². The number of rotatable bonds is 4. The maximum absolute atomic E-state index is 12.3. The predicted molar refractivity (Wildman–Crippen MR) is 106 cm³/mol.